The first-order valence-electron chi connectivity index (χ1n) is 8.41. The molecule has 0 bridgehead atoms. The monoisotopic (exact) mass is 357 g/mol. The van der Waals surface area contributed by atoms with Crippen LogP contribution >= 0.6 is 0 Å². The van der Waals surface area contributed by atoms with Crippen LogP contribution in [0, 0.1) is 10.1 Å². The maximum atomic E-state index is 10.8. The van der Waals surface area contributed by atoms with Gasteiger partial charge in [-0.05, 0) is 23.3 Å². The van der Waals surface area contributed by atoms with Gasteiger partial charge in [-0.25, -0.2) is 0 Å². The van der Waals surface area contributed by atoms with Gasteiger partial charge < -0.3 is 4.52 Å². The van der Waals surface area contributed by atoms with Gasteiger partial charge in [0.25, 0.3) is 5.69 Å². The Hall–Kier alpha value is -3.80. The first kappa shape index (κ1) is 16.7. The lowest BCUT2D eigenvalue weighted by atomic mass is 9.91. The molecule has 0 atom stereocenters. The van der Waals surface area contributed by atoms with Crippen LogP contribution in [0.25, 0.3) is 11.4 Å². The van der Waals surface area contributed by atoms with Crippen molar-refractivity contribution >= 4 is 5.69 Å². The quantitative estimate of drug-likeness (QED) is 0.377. The Labute approximate surface area is 155 Å². The van der Waals surface area contributed by atoms with E-state index in [1.54, 1.807) is 12.1 Å². The minimum atomic E-state index is -0.438. The molecule has 4 rings (SSSR count). The van der Waals surface area contributed by atoms with Gasteiger partial charge in [0.2, 0.25) is 11.7 Å². The molecule has 6 heteroatoms. The molecule has 132 valence electrons. The van der Waals surface area contributed by atoms with Crippen LogP contribution in [0.2, 0.25) is 0 Å². The molecule has 0 N–H and O–H groups in total. The summed E-state index contributed by atoms with van der Waals surface area (Å²) in [5.74, 6) is 0.684. The summed E-state index contributed by atoms with van der Waals surface area (Å²) in [5.41, 5.74) is 2.77. The van der Waals surface area contributed by atoms with Crippen LogP contribution in [0.4, 0.5) is 5.69 Å². The Morgan fingerprint density at radius 3 is 1.89 bits per heavy atom. The Bertz CT molecular complexity index is 1010. The molecule has 0 aliphatic carbocycles. The lowest BCUT2D eigenvalue weighted by molar-refractivity contribution is -0.384. The first-order valence-corrected chi connectivity index (χ1v) is 8.41. The van der Waals surface area contributed by atoms with Gasteiger partial charge in [0.1, 0.15) is 0 Å². The third-order valence-electron chi connectivity index (χ3n) is 4.29. The van der Waals surface area contributed by atoms with Crippen molar-refractivity contribution in [2.45, 2.75) is 5.92 Å². The second-order valence-corrected chi connectivity index (χ2v) is 6.01. The third-order valence-corrected chi connectivity index (χ3v) is 4.29. The van der Waals surface area contributed by atoms with Gasteiger partial charge in [-0.3, -0.25) is 10.1 Å². The van der Waals surface area contributed by atoms with E-state index in [2.05, 4.69) is 10.1 Å². The lowest BCUT2D eigenvalue weighted by Gasteiger charge is -2.13. The molecule has 1 aromatic heterocycles. The summed E-state index contributed by atoms with van der Waals surface area (Å²) in [5, 5.41) is 14.9. The van der Waals surface area contributed by atoms with Gasteiger partial charge in [0.05, 0.1) is 10.8 Å². The van der Waals surface area contributed by atoms with Crippen molar-refractivity contribution < 1.29 is 9.45 Å². The number of benzene rings is 3. The van der Waals surface area contributed by atoms with Crippen molar-refractivity contribution in [1.29, 1.82) is 0 Å². The highest BCUT2D eigenvalue weighted by molar-refractivity contribution is 5.57. The summed E-state index contributed by atoms with van der Waals surface area (Å²) < 4.78 is 5.57. The Morgan fingerprint density at radius 1 is 0.815 bits per heavy atom. The summed E-state index contributed by atoms with van der Waals surface area (Å²) in [7, 11) is 0. The third kappa shape index (κ3) is 3.46. The smallest absolute Gasteiger partial charge is 0.269 e. The Kier molecular flexibility index (Phi) is 4.45. The van der Waals surface area contributed by atoms with Gasteiger partial charge in [0, 0.05) is 17.7 Å². The minimum absolute atomic E-state index is 0.0221. The number of rotatable bonds is 5. The first-order chi connectivity index (χ1) is 13.2. The summed E-state index contributed by atoms with van der Waals surface area (Å²) in [6.45, 7) is 0. The van der Waals surface area contributed by atoms with Crippen LogP contribution in [0.3, 0.4) is 0 Å². The molecular weight excluding hydrogens is 342 g/mol. The van der Waals surface area contributed by atoms with E-state index in [-0.39, 0.29) is 11.6 Å². The second kappa shape index (κ2) is 7.21. The molecule has 0 aliphatic heterocycles. The number of aromatic nitrogens is 2. The van der Waals surface area contributed by atoms with Gasteiger partial charge in [-0.15, -0.1) is 0 Å². The van der Waals surface area contributed by atoms with Crippen LogP contribution < -0.4 is 0 Å². The van der Waals surface area contributed by atoms with Gasteiger partial charge >= 0.3 is 0 Å². The standard InChI is InChI=1S/C21H15N3O3/c25-24(26)18-13-11-17(12-14-18)20-22-21(27-23-20)19(15-7-3-1-4-8-15)16-9-5-2-6-10-16/h1-14,19H. The van der Waals surface area contributed by atoms with E-state index in [0.717, 1.165) is 11.1 Å². The van der Waals surface area contributed by atoms with Crippen molar-refractivity contribution in [2.75, 3.05) is 0 Å². The molecular formula is C21H15N3O3. The fraction of sp³-hybridized carbons (Fsp3) is 0.0476. The maximum absolute atomic E-state index is 10.8. The highest BCUT2D eigenvalue weighted by Crippen LogP contribution is 2.32. The van der Waals surface area contributed by atoms with E-state index < -0.39 is 4.92 Å². The average molecular weight is 357 g/mol. The number of nitro benzene ring substituents is 1. The van der Waals surface area contributed by atoms with E-state index in [9.17, 15) is 10.1 Å². The van der Waals surface area contributed by atoms with Crippen molar-refractivity contribution in [3.63, 3.8) is 0 Å². The van der Waals surface area contributed by atoms with E-state index in [1.165, 1.54) is 12.1 Å². The Balaban J connectivity index is 1.73. The molecule has 3 aromatic carbocycles. The molecule has 0 amide bonds. The minimum Gasteiger partial charge on any atom is -0.338 e. The molecule has 0 unspecified atom stereocenters. The highest BCUT2D eigenvalue weighted by Gasteiger charge is 2.23. The fourth-order valence-corrected chi connectivity index (χ4v) is 2.97. The molecule has 0 fully saturated rings. The summed E-state index contributed by atoms with van der Waals surface area (Å²) in [6, 6.07) is 26.0. The van der Waals surface area contributed by atoms with Gasteiger partial charge in [0.15, 0.2) is 0 Å². The molecule has 0 radical (unpaired) electrons. The molecule has 6 nitrogen and oxygen atoms in total. The topological polar surface area (TPSA) is 82.1 Å². The van der Waals surface area contributed by atoms with Crippen molar-refractivity contribution in [3.8, 4) is 11.4 Å². The zero-order chi connectivity index (χ0) is 18.6. The van der Waals surface area contributed by atoms with Crippen molar-refractivity contribution in [3.05, 3.63) is 112 Å². The average Bonchev–Trinajstić information content (AvgIpc) is 3.19. The zero-order valence-electron chi connectivity index (χ0n) is 14.2. The number of nitro groups is 1. The summed E-state index contributed by atoms with van der Waals surface area (Å²) in [6.07, 6.45) is 0. The second-order valence-electron chi connectivity index (χ2n) is 6.01. The molecule has 0 aliphatic rings. The molecule has 0 saturated carbocycles. The molecule has 27 heavy (non-hydrogen) atoms. The van der Waals surface area contributed by atoms with Crippen molar-refractivity contribution in [1.82, 2.24) is 10.1 Å². The predicted molar refractivity (Wildman–Crippen MR) is 100 cm³/mol. The molecule has 4 aromatic rings. The summed E-state index contributed by atoms with van der Waals surface area (Å²) in [4.78, 5) is 14.9. The van der Waals surface area contributed by atoms with Crippen LogP contribution in [0.1, 0.15) is 22.9 Å². The van der Waals surface area contributed by atoms with E-state index in [4.69, 9.17) is 4.52 Å². The lowest BCUT2D eigenvalue weighted by Crippen LogP contribution is -2.03. The normalized spacial score (nSPS) is 10.9. The SMILES string of the molecule is O=[N+]([O-])c1ccc(-c2noc(C(c3ccccc3)c3ccccc3)n2)cc1. The number of hydrogen-bond acceptors (Lipinski definition) is 5. The van der Waals surface area contributed by atoms with E-state index in [0.29, 0.717) is 17.3 Å². The number of hydrogen-bond donors (Lipinski definition) is 0. The van der Waals surface area contributed by atoms with Crippen LogP contribution in [-0.2, 0) is 0 Å². The largest absolute Gasteiger partial charge is 0.338 e. The number of non-ortho nitro benzene ring substituents is 1. The fourth-order valence-electron chi connectivity index (χ4n) is 2.97. The molecule has 1 heterocycles. The maximum Gasteiger partial charge on any atom is 0.269 e. The number of nitrogens with zero attached hydrogens (tertiary/aromatic N) is 3. The van der Waals surface area contributed by atoms with E-state index in [1.807, 2.05) is 60.7 Å². The van der Waals surface area contributed by atoms with E-state index >= 15 is 0 Å². The van der Waals surface area contributed by atoms with Crippen LogP contribution in [0.5, 0.6) is 0 Å². The zero-order valence-corrected chi connectivity index (χ0v) is 14.2. The molecule has 0 saturated heterocycles. The van der Waals surface area contributed by atoms with Crippen LogP contribution in [-0.4, -0.2) is 15.1 Å². The van der Waals surface area contributed by atoms with Crippen LogP contribution in [0.15, 0.2) is 89.5 Å². The van der Waals surface area contributed by atoms with Gasteiger partial charge in [-0.2, -0.15) is 4.98 Å². The van der Waals surface area contributed by atoms with Gasteiger partial charge in [-0.1, -0.05) is 65.8 Å². The highest BCUT2D eigenvalue weighted by atomic mass is 16.6. The Morgan fingerprint density at radius 2 is 1.37 bits per heavy atom. The molecule has 0 spiro atoms. The predicted octanol–water partition coefficient (Wildman–Crippen LogP) is 4.83. The summed E-state index contributed by atoms with van der Waals surface area (Å²) >= 11 is 0. The van der Waals surface area contributed by atoms with Crippen molar-refractivity contribution in [2.24, 2.45) is 0 Å².